The van der Waals surface area contributed by atoms with Crippen molar-refractivity contribution in [3.8, 4) is 0 Å². The SMILES string of the molecule is CC1Cc2nn(C)cc2C12CCNC2. The molecule has 1 aromatic rings. The van der Waals surface area contributed by atoms with Gasteiger partial charge in [0.05, 0.1) is 5.69 Å². The Morgan fingerprint density at radius 2 is 2.50 bits per heavy atom. The van der Waals surface area contributed by atoms with Crippen LogP contribution in [-0.2, 0) is 18.9 Å². The molecule has 3 nitrogen and oxygen atoms in total. The van der Waals surface area contributed by atoms with Crippen LogP contribution < -0.4 is 5.32 Å². The molecule has 14 heavy (non-hydrogen) atoms. The minimum Gasteiger partial charge on any atom is -0.316 e. The molecule has 1 aliphatic carbocycles. The van der Waals surface area contributed by atoms with E-state index in [1.165, 1.54) is 24.2 Å². The zero-order valence-corrected chi connectivity index (χ0v) is 8.88. The summed E-state index contributed by atoms with van der Waals surface area (Å²) in [6.45, 7) is 4.68. The molecule has 1 aromatic heterocycles. The summed E-state index contributed by atoms with van der Waals surface area (Å²) in [5, 5.41) is 8.05. The minimum absolute atomic E-state index is 0.406. The van der Waals surface area contributed by atoms with E-state index in [2.05, 4.69) is 23.5 Å². The summed E-state index contributed by atoms with van der Waals surface area (Å²) in [6, 6.07) is 0. The highest BCUT2D eigenvalue weighted by Crippen LogP contribution is 2.46. The molecule has 1 N–H and O–H groups in total. The van der Waals surface area contributed by atoms with Crippen LogP contribution in [0.3, 0.4) is 0 Å². The highest BCUT2D eigenvalue weighted by Gasteiger charge is 2.47. The molecule has 3 heteroatoms. The molecule has 2 unspecified atom stereocenters. The third kappa shape index (κ3) is 0.883. The van der Waals surface area contributed by atoms with Gasteiger partial charge in [0, 0.05) is 30.8 Å². The molecule has 2 aliphatic rings. The Balaban J connectivity index is 2.12. The second-order valence-corrected chi connectivity index (χ2v) is 4.85. The van der Waals surface area contributed by atoms with Crippen LogP contribution in [0.25, 0.3) is 0 Å². The summed E-state index contributed by atoms with van der Waals surface area (Å²) in [5.74, 6) is 0.760. The summed E-state index contributed by atoms with van der Waals surface area (Å²) < 4.78 is 1.97. The van der Waals surface area contributed by atoms with Crippen LogP contribution in [0, 0.1) is 5.92 Å². The summed E-state index contributed by atoms with van der Waals surface area (Å²) >= 11 is 0. The van der Waals surface area contributed by atoms with E-state index in [0.717, 1.165) is 18.9 Å². The quantitative estimate of drug-likeness (QED) is 0.658. The van der Waals surface area contributed by atoms with Crippen molar-refractivity contribution in [3.05, 3.63) is 17.5 Å². The second kappa shape index (κ2) is 2.60. The Hall–Kier alpha value is -0.830. The number of hydrogen-bond acceptors (Lipinski definition) is 2. The fraction of sp³-hybridized carbons (Fsp3) is 0.727. The molecule has 3 rings (SSSR count). The van der Waals surface area contributed by atoms with Gasteiger partial charge in [-0.15, -0.1) is 0 Å². The molecule has 2 heterocycles. The largest absolute Gasteiger partial charge is 0.316 e. The Bertz CT molecular complexity index is 361. The monoisotopic (exact) mass is 191 g/mol. The van der Waals surface area contributed by atoms with E-state index in [0.29, 0.717) is 5.41 Å². The molecule has 76 valence electrons. The van der Waals surface area contributed by atoms with Crippen molar-refractivity contribution in [2.24, 2.45) is 13.0 Å². The lowest BCUT2D eigenvalue weighted by molar-refractivity contribution is 0.340. The molecule has 0 amide bonds. The number of nitrogens with one attached hydrogen (secondary N) is 1. The van der Waals surface area contributed by atoms with Crippen molar-refractivity contribution in [3.63, 3.8) is 0 Å². The summed E-state index contributed by atoms with van der Waals surface area (Å²) in [4.78, 5) is 0. The van der Waals surface area contributed by atoms with Gasteiger partial charge in [-0.25, -0.2) is 0 Å². The van der Waals surface area contributed by atoms with Gasteiger partial charge in [0.2, 0.25) is 0 Å². The summed E-state index contributed by atoms with van der Waals surface area (Å²) in [5.41, 5.74) is 3.25. The molecule has 1 saturated heterocycles. The predicted molar refractivity (Wildman–Crippen MR) is 55.2 cm³/mol. The first-order chi connectivity index (χ1) is 6.72. The van der Waals surface area contributed by atoms with Crippen LogP contribution in [0.15, 0.2) is 6.20 Å². The van der Waals surface area contributed by atoms with Crippen molar-refractivity contribution in [1.29, 1.82) is 0 Å². The standard InChI is InChI=1S/C11H17N3/c1-8-5-10-9(6-14(2)13-10)11(8)3-4-12-7-11/h6,8,12H,3-5,7H2,1-2H3. The van der Waals surface area contributed by atoms with Crippen molar-refractivity contribution < 1.29 is 0 Å². The molecule has 0 saturated carbocycles. The Kier molecular flexibility index (Phi) is 1.57. The zero-order chi connectivity index (χ0) is 9.76. The number of aromatic nitrogens is 2. The van der Waals surface area contributed by atoms with Gasteiger partial charge in [0.25, 0.3) is 0 Å². The Morgan fingerprint density at radius 1 is 1.64 bits per heavy atom. The van der Waals surface area contributed by atoms with E-state index >= 15 is 0 Å². The first kappa shape index (κ1) is 8.48. The van der Waals surface area contributed by atoms with Crippen LogP contribution in [0.4, 0.5) is 0 Å². The summed E-state index contributed by atoms with van der Waals surface area (Å²) in [6.07, 6.45) is 4.68. The Morgan fingerprint density at radius 3 is 3.21 bits per heavy atom. The maximum atomic E-state index is 4.55. The van der Waals surface area contributed by atoms with Crippen LogP contribution in [0.2, 0.25) is 0 Å². The van der Waals surface area contributed by atoms with Crippen molar-refractivity contribution in [2.75, 3.05) is 13.1 Å². The molecule has 2 atom stereocenters. The molecule has 0 bridgehead atoms. The van der Waals surface area contributed by atoms with E-state index in [9.17, 15) is 0 Å². The molecular formula is C11H17N3. The normalized spacial score (nSPS) is 35.4. The number of aryl methyl sites for hydroxylation is 1. The molecule has 1 aliphatic heterocycles. The van der Waals surface area contributed by atoms with Gasteiger partial charge in [-0.1, -0.05) is 6.92 Å². The van der Waals surface area contributed by atoms with Crippen LogP contribution in [0.5, 0.6) is 0 Å². The molecule has 1 fully saturated rings. The van der Waals surface area contributed by atoms with Crippen molar-refractivity contribution >= 4 is 0 Å². The number of fused-ring (bicyclic) bond motifs is 2. The predicted octanol–water partition coefficient (Wildman–Crippen LogP) is 0.843. The van der Waals surface area contributed by atoms with Gasteiger partial charge >= 0.3 is 0 Å². The first-order valence-electron chi connectivity index (χ1n) is 5.46. The number of nitrogens with zero attached hydrogens (tertiary/aromatic N) is 2. The molecule has 1 spiro atoms. The molecule has 0 radical (unpaired) electrons. The van der Waals surface area contributed by atoms with Crippen LogP contribution in [-0.4, -0.2) is 22.9 Å². The van der Waals surface area contributed by atoms with E-state index < -0.39 is 0 Å². The van der Waals surface area contributed by atoms with Gasteiger partial charge in [0.1, 0.15) is 0 Å². The summed E-state index contributed by atoms with van der Waals surface area (Å²) in [7, 11) is 2.03. The topological polar surface area (TPSA) is 29.9 Å². The van der Waals surface area contributed by atoms with E-state index in [4.69, 9.17) is 0 Å². The van der Waals surface area contributed by atoms with Crippen molar-refractivity contribution in [2.45, 2.75) is 25.2 Å². The van der Waals surface area contributed by atoms with Gasteiger partial charge in [0.15, 0.2) is 0 Å². The molecule has 0 aromatic carbocycles. The first-order valence-corrected chi connectivity index (χ1v) is 5.46. The third-order valence-corrected chi connectivity index (χ3v) is 4.07. The fourth-order valence-electron chi connectivity index (χ4n) is 3.21. The maximum absolute atomic E-state index is 4.55. The average molecular weight is 191 g/mol. The van der Waals surface area contributed by atoms with Crippen LogP contribution in [0.1, 0.15) is 24.6 Å². The highest BCUT2D eigenvalue weighted by atomic mass is 15.3. The van der Waals surface area contributed by atoms with E-state index in [1.807, 2.05) is 11.7 Å². The smallest absolute Gasteiger partial charge is 0.0665 e. The number of rotatable bonds is 0. The molecular weight excluding hydrogens is 174 g/mol. The average Bonchev–Trinajstić information content (AvgIpc) is 2.76. The van der Waals surface area contributed by atoms with E-state index in [1.54, 1.807) is 0 Å². The Labute approximate surface area is 84.5 Å². The van der Waals surface area contributed by atoms with Crippen molar-refractivity contribution in [1.82, 2.24) is 15.1 Å². The van der Waals surface area contributed by atoms with Gasteiger partial charge < -0.3 is 5.32 Å². The highest BCUT2D eigenvalue weighted by molar-refractivity contribution is 5.36. The van der Waals surface area contributed by atoms with Gasteiger partial charge in [-0.05, 0) is 25.3 Å². The van der Waals surface area contributed by atoms with E-state index in [-0.39, 0.29) is 0 Å². The number of hydrogen-bond donors (Lipinski definition) is 1. The minimum atomic E-state index is 0.406. The fourth-order valence-corrected chi connectivity index (χ4v) is 3.21. The van der Waals surface area contributed by atoms with Crippen LogP contribution >= 0.6 is 0 Å². The zero-order valence-electron chi connectivity index (χ0n) is 8.88. The second-order valence-electron chi connectivity index (χ2n) is 4.85. The van der Waals surface area contributed by atoms with Gasteiger partial charge in [-0.3, -0.25) is 4.68 Å². The maximum Gasteiger partial charge on any atom is 0.0665 e. The lowest BCUT2D eigenvalue weighted by Crippen LogP contribution is -2.32. The lowest BCUT2D eigenvalue weighted by Gasteiger charge is -2.28. The lowest BCUT2D eigenvalue weighted by atomic mass is 9.75. The van der Waals surface area contributed by atoms with Gasteiger partial charge in [-0.2, -0.15) is 5.10 Å². The third-order valence-electron chi connectivity index (χ3n) is 4.07.